The molecule has 54 valence electrons. The third-order valence-corrected chi connectivity index (χ3v) is 2.16. The van der Waals surface area contributed by atoms with E-state index in [1.807, 2.05) is 0 Å². The maximum absolute atomic E-state index is 12.5. The van der Waals surface area contributed by atoms with Gasteiger partial charge in [0.2, 0.25) is 0 Å². The first-order chi connectivity index (χ1) is 4.63. The second kappa shape index (κ2) is 2.76. The van der Waals surface area contributed by atoms with E-state index in [9.17, 15) is 4.39 Å². The third-order valence-electron chi connectivity index (χ3n) is 1.08. The molecule has 0 saturated heterocycles. The number of nitrogens with two attached hydrogens (primary N) is 1. The molecule has 2 N–H and O–H groups in total. The molecule has 10 heavy (non-hydrogen) atoms. The Morgan fingerprint density at radius 1 is 1.50 bits per heavy atom. The summed E-state index contributed by atoms with van der Waals surface area (Å²) in [5.74, 6) is -0.498. The van der Waals surface area contributed by atoms with Crippen molar-refractivity contribution in [2.24, 2.45) is 0 Å². The lowest BCUT2D eigenvalue weighted by molar-refractivity contribution is 0.628. The highest BCUT2D eigenvalue weighted by atomic mass is 79.9. The Morgan fingerprint density at radius 3 is 2.60 bits per heavy atom. The molecule has 1 rings (SSSR count). The van der Waals surface area contributed by atoms with Gasteiger partial charge in [-0.1, -0.05) is 11.6 Å². The normalized spacial score (nSPS) is 9.90. The summed E-state index contributed by atoms with van der Waals surface area (Å²) in [6.45, 7) is 0. The lowest BCUT2D eigenvalue weighted by atomic mass is 10.3. The molecule has 1 aromatic rings. The number of hydrogen-bond acceptors (Lipinski definition) is 1. The minimum Gasteiger partial charge on any atom is -0.397 e. The largest absolute Gasteiger partial charge is 0.397 e. The van der Waals surface area contributed by atoms with E-state index < -0.39 is 5.82 Å². The van der Waals surface area contributed by atoms with Crippen molar-refractivity contribution in [2.75, 3.05) is 5.73 Å². The van der Waals surface area contributed by atoms with Gasteiger partial charge in [0.15, 0.2) is 0 Å². The Balaban J connectivity index is 3.34. The summed E-state index contributed by atoms with van der Waals surface area (Å²) in [6, 6.07) is 2.76. The number of halogens is 3. The van der Waals surface area contributed by atoms with Crippen LogP contribution in [0.3, 0.4) is 0 Å². The predicted octanol–water partition coefficient (Wildman–Crippen LogP) is 2.82. The first kappa shape index (κ1) is 7.82. The van der Waals surface area contributed by atoms with Crippen molar-refractivity contribution < 1.29 is 4.39 Å². The van der Waals surface area contributed by atoms with Gasteiger partial charge in [-0.25, -0.2) is 4.39 Å². The second-order valence-electron chi connectivity index (χ2n) is 1.76. The lowest BCUT2D eigenvalue weighted by Gasteiger charge is -1.99. The van der Waals surface area contributed by atoms with Crippen molar-refractivity contribution in [3.05, 3.63) is 27.4 Å². The van der Waals surface area contributed by atoms with Crippen LogP contribution in [0, 0.1) is 5.82 Å². The first-order valence-electron chi connectivity index (χ1n) is 2.52. The van der Waals surface area contributed by atoms with Crippen molar-refractivity contribution in [3.63, 3.8) is 0 Å². The van der Waals surface area contributed by atoms with Crippen molar-refractivity contribution in [3.8, 4) is 0 Å². The monoisotopic (exact) mass is 223 g/mol. The highest BCUT2D eigenvalue weighted by molar-refractivity contribution is 9.10. The van der Waals surface area contributed by atoms with Crippen LogP contribution in [-0.2, 0) is 0 Å². The zero-order chi connectivity index (χ0) is 7.72. The van der Waals surface area contributed by atoms with Crippen LogP contribution < -0.4 is 5.73 Å². The van der Waals surface area contributed by atoms with Crippen LogP contribution in [0.25, 0.3) is 0 Å². The minimum absolute atomic E-state index is 0.0330. The van der Waals surface area contributed by atoms with E-state index in [0.29, 0.717) is 4.47 Å². The standard InChI is InChI=1S/C6H4BrClFN/c7-3-1-2-4(9)5(8)6(3)10/h1-2H,10H2. The fourth-order valence-electron chi connectivity index (χ4n) is 0.543. The molecule has 0 atom stereocenters. The third kappa shape index (κ3) is 1.25. The summed E-state index contributed by atoms with van der Waals surface area (Å²) < 4.78 is 13.1. The van der Waals surface area contributed by atoms with E-state index in [1.54, 1.807) is 0 Å². The molecule has 1 nitrogen and oxygen atoms in total. The fourth-order valence-corrected chi connectivity index (χ4v) is 1.15. The van der Waals surface area contributed by atoms with Crippen molar-refractivity contribution >= 4 is 33.2 Å². The number of nitrogen functional groups attached to an aromatic ring is 1. The molecule has 0 fully saturated rings. The van der Waals surface area contributed by atoms with Crippen molar-refractivity contribution in [2.45, 2.75) is 0 Å². The molecule has 0 aliphatic carbocycles. The van der Waals surface area contributed by atoms with Crippen molar-refractivity contribution in [1.82, 2.24) is 0 Å². The summed E-state index contributed by atoms with van der Waals surface area (Å²) in [6.07, 6.45) is 0. The van der Waals surface area contributed by atoms with Crippen LogP contribution >= 0.6 is 27.5 Å². The Morgan fingerprint density at radius 2 is 2.10 bits per heavy atom. The van der Waals surface area contributed by atoms with Gasteiger partial charge >= 0.3 is 0 Å². The molecule has 4 heteroatoms. The zero-order valence-electron chi connectivity index (χ0n) is 4.87. The van der Waals surface area contributed by atoms with Gasteiger partial charge in [-0.15, -0.1) is 0 Å². The SMILES string of the molecule is Nc1c(Br)ccc(F)c1Cl. The predicted molar refractivity (Wildman–Crippen MR) is 43.5 cm³/mol. The number of anilines is 1. The summed E-state index contributed by atoms with van der Waals surface area (Å²) in [5.41, 5.74) is 5.60. The Bertz CT molecular complexity index is 237. The maximum Gasteiger partial charge on any atom is 0.143 e. The van der Waals surface area contributed by atoms with Gasteiger partial charge in [-0.2, -0.15) is 0 Å². The molecule has 0 aliphatic rings. The van der Waals surface area contributed by atoms with Gasteiger partial charge in [0, 0.05) is 4.47 Å². The van der Waals surface area contributed by atoms with Gasteiger partial charge in [0.25, 0.3) is 0 Å². The maximum atomic E-state index is 12.5. The van der Waals surface area contributed by atoms with Gasteiger partial charge in [-0.05, 0) is 28.1 Å². The molecule has 1 aromatic carbocycles. The molecule has 0 radical (unpaired) electrons. The average molecular weight is 224 g/mol. The highest BCUT2D eigenvalue weighted by Gasteiger charge is 2.05. The highest BCUT2D eigenvalue weighted by Crippen LogP contribution is 2.29. The van der Waals surface area contributed by atoms with Gasteiger partial charge in [0.05, 0.1) is 5.69 Å². The lowest BCUT2D eigenvalue weighted by Crippen LogP contribution is -1.89. The quantitative estimate of drug-likeness (QED) is 0.532. The van der Waals surface area contributed by atoms with Crippen LogP contribution in [0.2, 0.25) is 5.02 Å². The molecular formula is C6H4BrClFN. The Labute approximate surface area is 71.1 Å². The van der Waals surface area contributed by atoms with E-state index in [-0.39, 0.29) is 10.7 Å². The zero-order valence-corrected chi connectivity index (χ0v) is 7.21. The molecule has 0 aromatic heterocycles. The second-order valence-corrected chi connectivity index (χ2v) is 2.99. The van der Waals surface area contributed by atoms with Crippen LogP contribution in [0.1, 0.15) is 0 Å². The first-order valence-corrected chi connectivity index (χ1v) is 3.69. The average Bonchev–Trinajstić information content (AvgIpc) is 1.93. The molecule has 0 unspecified atom stereocenters. The molecule has 0 heterocycles. The van der Waals surface area contributed by atoms with E-state index >= 15 is 0 Å². The van der Waals surface area contributed by atoms with E-state index in [2.05, 4.69) is 15.9 Å². The molecule has 0 amide bonds. The van der Waals surface area contributed by atoms with Crippen LogP contribution in [0.15, 0.2) is 16.6 Å². The summed E-state index contributed by atoms with van der Waals surface area (Å²) in [7, 11) is 0. The smallest absolute Gasteiger partial charge is 0.143 e. The van der Waals surface area contributed by atoms with Gasteiger partial charge in [0.1, 0.15) is 10.8 Å². The molecule has 0 bridgehead atoms. The van der Waals surface area contributed by atoms with E-state index in [4.69, 9.17) is 17.3 Å². The van der Waals surface area contributed by atoms with E-state index in [0.717, 1.165) is 0 Å². The van der Waals surface area contributed by atoms with Crippen molar-refractivity contribution in [1.29, 1.82) is 0 Å². The summed E-state index contributed by atoms with van der Waals surface area (Å²) >= 11 is 8.56. The van der Waals surface area contributed by atoms with Crippen LogP contribution in [0.4, 0.5) is 10.1 Å². The fraction of sp³-hybridized carbons (Fsp3) is 0. The number of hydrogen-bond donors (Lipinski definition) is 1. The summed E-state index contributed by atoms with van der Waals surface area (Å²) in [4.78, 5) is 0. The van der Waals surface area contributed by atoms with Crippen LogP contribution in [-0.4, -0.2) is 0 Å². The summed E-state index contributed by atoms with van der Waals surface area (Å²) in [5, 5.41) is -0.0330. The van der Waals surface area contributed by atoms with Gasteiger partial charge in [-0.3, -0.25) is 0 Å². The molecule has 0 aliphatic heterocycles. The topological polar surface area (TPSA) is 26.0 Å². The van der Waals surface area contributed by atoms with Gasteiger partial charge < -0.3 is 5.73 Å². The molecule has 0 saturated carbocycles. The van der Waals surface area contributed by atoms with Crippen LogP contribution in [0.5, 0.6) is 0 Å². The minimum atomic E-state index is -0.498. The molecular weight excluding hydrogens is 220 g/mol. The van der Waals surface area contributed by atoms with E-state index in [1.165, 1.54) is 12.1 Å². The number of benzene rings is 1. The molecule has 0 spiro atoms. The Hall–Kier alpha value is -0.280. The number of rotatable bonds is 0. The Kier molecular flexibility index (Phi) is 2.16.